The Morgan fingerprint density at radius 3 is 1.77 bits per heavy atom. The minimum Gasteiger partial charge on any atom is -0.207 e. The molecule has 0 saturated heterocycles. The molecule has 4 nitrogen and oxygen atoms in total. The first-order chi connectivity index (χ1) is 10.2. The fourth-order valence-electron chi connectivity index (χ4n) is 2.76. The fourth-order valence-corrected chi connectivity index (χ4v) is 4.85. The molecule has 0 amide bonds. The van der Waals surface area contributed by atoms with Gasteiger partial charge in [0.25, 0.3) is 0 Å². The number of sulfonamides is 1. The molecule has 0 fully saturated rings. The molecule has 0 heterocycles. The molecule has 22 heavy (non-hydrogen) atoms. The highest BCUT2D eigenvalue weighted by molar-refractivity contribution is 7.89. The molecular weight excluding hydrogens is 296 g/mol. The van der Waals surface area contributed by atoms with Crippen LogP contribution >= 0.6 is 0 Å². The maximum absolute atomic E-state index is 13.1. The quantitative estimate of drug-likeness (QED) is 0.804. The summed E-state index contributed by atoms with van der Waals surface area (Å²) in [5.41, 5.74) is 4.84. The van der Waals surface area contributed by atoms with E-state index in [1.54, 1.807) is 0 Å². The van der Waals surface area contributed by atoms with Gasteiger partial charge >= 0.3 is 0 Å². The predicted octanol–water partition coefficient (Wildman–Crippen LogP) is 3.54. The average molecular weight is 322 g/mol. The normalized spacial score (nSPS) is 11.7. The lowest BCUT2D eigenvalue weighted by molar-refractivity contribution is 0.416. The molecule has 1 rings (SSSR count). The van der Waals surface area contributed by atoms with Crippen molar-refractivity contribution in [2.45, 2.75) is 59.3 Å². The zero-order valence-electron chi connectivity index (χ0n) is 14.4. The highest BCUT2D eigenvalue weighted by Crippen LogP contribution is 2.31. The molecule has 5 heteroatoms. The standard InChI is InChI=1S/C17H26N2O2S/c1-7-10-19(11-8-9-18)22(20,21)17-15(5)13(3)12(2)14(4)16(17)6/h7-8,10-11H2,1-6H3. The maximum Gasteiger partial charge on any atom is 0.243 e. The van der Waals surface area contributed by atoms with Gasteiger partial charge in [-0.1, -0.05) is 6.92 Å². The molecule has 0 aliphatic rings. The Morgan fingerprint density at radius 1 is 0.909 bits per heavy atom. The van der Waals surface area contributed by atoms with Gasteiger partial charge in [-0.3, -0.25) is 0 Å². The summed E-state index contributed by atoms with van der Waals surface area (Å²) < 4.78 is 27.6. The van der Waals surface area contributed by atoms with Crippen LogP contribution in [0.4, 0.5) is 0 Å². The Labute approximate surface area is 134 Å². The molecule has 0 atom stereocenters. The Bertz CT molecular complexity index is 671. The number of nitriles is 1. The third kappa shape index (κ3) is 3.34. The number of benzene rings is 1. The van der Waals surface area contributed by atoms with Crippen molar-refractivity contribution in [3.8, 4) is 6.07 Å². The first kappa shape index (κ1) is 18.7. The van der Waals surface area contributed by atoms with E-state index < -0.39 is 10.0 Å². The van der Waals surface area contributed by atoms with Crippen molar-refractivity contribution in [1.82, 2.24) is 4.31 Å². The SMILES string of the molecule is CCCN(CCC#N)S(=O)(=O)c1c(C)c(C)c(C)c(C)c1C. The van der Waals surface area contributed by atoms with Crippen molar-refractivity contribution < 1.29 is 8.42 Å². The number of rotatable bonds is 6. The van der Waals surface area contributed by atoms with Crippen LogP contribution < -0.4 is 0 Å². The fraction of sp³-hybridized carbons (Fsp3) is 0.588. The van der Waals surface area contributed by atoms with E-state index in [1.165, 1.54) is 4.31 Å². The van der Waals surface area contributed by atoms with Gasteiger partial charge in [0, 0.05) is 19.5 Å². The Morgan fingerprint density at radius 2 is 1.36 bits per heavy atom. The van der Waals surface area contributed by atoms with E-state index in [0.717, 1.165) is 34.2 Å². The van der Waals surface area contributed by atoms with E-state index in [2.05, 4.69) is 0 Å². The van der Waals surface area contributed by atoms with Crippen LogP contribution in [0.5, 0.6) is 0 Å². The molecule has 0 aliphatic heterocycles. The van der Waals surface area contributed by atoms with Crippen molar-refractivity contribution in [2.75, 3.05) is 13.1 Å². The number of nitrogens with zero attached hydrogens (tertiary/aromatic N) is 2. The lowest BCUT2D eigenvalue weighted by atomic mass is 9.95. The lowest BCUT2D eigenvalue weighted by Gasteiger charge is -2.25. The van der Waals surface area contributed by atoms with Crippen molar-refractivity contribution in [1.29, 1.82) is 5.26 Å². The van der Waals surface area contributed by atoms with Crippen LogP contribution in [-0.4, -0.2) is 25.8 Å². The summed E-state index contributed by atoms with van der Waals surface area (Å²) in [7, 11) is -3.58. The highest BCUT2D eigenvalue weighted by Gasteiger charge is 2.29. The maximum atomic E-state index is 13.1. The van der Waals surface area contributed by atoms with Crippen LogP contribution in [0.1, 0.15) is 47.6 Å². The first-order valence-electron chi connectivity index (χ1n) is 7.64. The summed E-state index contributed by atoms with van der Waals surface area (Å²) >= 11 is 0. The molecule has 0 bridgehead atoms. The zero-order valence-corrected chi connectivity index (χ0v) is 15.3. The van der Waals surface area contributed by atoms with Gasteiger partial charge in [0.2, 0.25) is 10.0 Å². The topological polar surface area (TPSA) is 61.2 Å². The van der Waals surface area contributed by atoms with Crippen LogP contribution in [0.3, 0.4) is 0 Å². The van der Waals surface area contributed by atoms with Crippen molar-refractivity contribution >= 4 is 10.0 Å². The molecule has 1 aromatic carbocycles. The van der Waals surface area contributed by atoms with Crippen LogP contribution in [0.25, 0.3) is 0 Å². The third-order valence-corrected chi connectivity index (χ3v) is 6.65. The second-order valence-corrected chi connectivity index (χ2v) is 7.64. The number of hydrogen-bond donors (Lipinski definition) is 0. The van der Waals surface area contributed by atoms with Gasteiger partial charge in [-0.15, -0.1) is 0 Å². The Kier molecular flexibility index (Phi) is 6.16. The first-order valence-corrected chi connectivity index (χ1v) is 9.08. The van der Waals surface area contributed by atoms with Gasteiger partial charge in [-0.25, -0.2) is 8.42 Å². The van der Waals surface area contributed by atoms with E-state index in [9.17, 15) is 8.42 Å². The summed E-state index contributed by atoms with van der Waals surface area (Å²) in [6, 6.07) is 2.04. The van der Waals surface area contributed by atoms with Gasteiger partial charge in [-0.05, 0) is 68.9 Å². The van der Waals surface area contributed by atoms with Gasteiger partial charge in [0.15, 0.2) is 0 Å². The molecule has 1 aromatic rings. The number of hydrogen-bond acceptors (Lipinski definition) is 3. The van der Waals surface area contributed by atoms with Gasteiger partial charge in [-0.2, -0.15) is 9.57 Å². The molecule has 0 unspecified atom stereocenters. The molecule has 122 valence electrons. The second-order valence-electron chi connectivity index (χ2n) is 5.77. The monoisotopic (exact) mass is 322 g/mol. The smallest absolute Gasteiger partial charge is 0.207 e. The molecule has 0 radical (unpaired) electrons. The Hall–Kier alpha value is -1.38. The lowest BCUT2D eigenvalue weighted by Crippen LogP contribution is -2.34. The molecule has 0 spiro atoms. The summed E-state index contributed by atoms with van der Waals surface area (Å²) in [5, 5.41) is 8.78. The second kappa shape index (κ2) is 7.26. The molecular formula is C17H26N2O2S. The molecule has 0 N–H and O–H groups in total. The van der Waals surface area contributed by atoms with Crippen molar-refractivity contribution in [3.63, 3.8) is 0 Å². The summed E-state index contributed by atoms with van der Waals surface area (Å²) in [5.74, 6) is 0. The average Bonchev–Trinajstić information content (AvgIpc) is 2.47. The van der Waals surface area contributed by atoms with Gasteiger partial charge in [0.1, 0.15) is 0 Å². The van der Waals surface area contributed by atoms with Crippen LogP contribution in [0.2, 0.25) is 0 Å². The zero-order chi connectivity index (χ0) is 17.1. The van der Waals surface area contributed by atoms with E-state index in [4.69, 9.17) is 5.26 Å². The summed E-state index contributed by atoms with van der Waals surface area (Å²) in [4.78, 5) is 0.416. The predicted molar refractivity (Wildman–Crippen MR) is 89.4 cm³/mol. The van der Waals surface area contributed by atoms with Gasteiger partial charge in [0.05, 0.1) is 11.0 Å². The molecule has 0 saturated carbocycles. The van der Waals surface area contributed by atoms with Crippen LogP contribution in [0, 0.1) is 45.9 Å². The molecule has 0 aromatic heterocycles. The van der Waals surface area contributed by atoms with Gasteiger partial charge < -0.3 is 0 Å². The third-order valence-electron chi connectivity index (χ3n) is 4.48. The van der Waals surface area contributed by atoms with Crippen molar-refractivity contribution in [3.05, 3.63) is 27.8 Å². The van der Waals surface area contributed by atoms with Crippen molar-refractivity contribution in [2.24, 2.45) is 0 Å². The van der Waals surface area contributed by atoms with E-state index in [-0.39, 0.29) is 13.0 Å². The minimum absolute atomic E-state index is 0.209. The minimum atomic E-state index is -3.58. The summed E-state index contributed by atoms with van der Waals surface area (Å²) in [6.07, 6.45) is 0.938. The highest BCUT2D eigenvalue weighted by atomic mass is 32.2. The van der Waals surface area contributed by atoms with Crippen LogP contribution in [-0.2, 0) is 10.0 Å². The van der Waals surface area contributed by atoms with E-state index in [1.807, 2.05) is 47.6 Å². The van der Waals surface area contributed by atoms with Crippen LogP contribution in [0.15, 0.2) is 4.90 Å². The van der Waals surface area contributed by atoms with E-state index in [0.29, 0.717) is 11.4 Å². The Balaban J connectivity index is 3.54. The molecule has 0 aliphatic carbocycles. The van der Waals surface area contributed by atoms with E-state index >= 15 is 0 Å². The summed E-state index contributed by atoms with van der Waals surface area (Å²) in [6.45, 7) is 12.3. The largest absolute Gasteiger partial charge is 0.243 e.